The highest BCUT2D eigenvalue weighted by molar-refractivity contribution is 5.81. The van der Waals surface area contributed by atoms with E-state index in [1.165, 1.54) is 41.3 Å². The Morgan fingerprint density at radius 1 is 1.00 bits per heavy atom. The lowest BCUT2D eigenvalue weighted by Gasteiger charge is -2.14. The van der Waals surface area contributed by atoms with Crippen LogP contribution in [0.2, 0.25) is 0 Å². The molecule has 3 heteroatoms. The maximum Gasteiger partial charge on any atom is 0.0403 e. The minimum Gasteiger partial charge on any atom is -0.310 e. The fourth-order valence-electron chi connectivity index (χ4n) is 2.94. The molecule has 3 rings (SSSR count). The highest BCUT2D eigenvalue weighted by atomic mass is 14.9. The molecular weight excluding hydrogens is 294 g/mol. The molecule has 0 unspecified atom stereocenters. The van der Waals surface area contributed by atoms with Crippen LogP contribution in [0.25, 0.3) is 10.8 Å². The zero-order valence-electron chi connectivity index (χ0n) is 14.3. The summed E-state index contributed by atoms with van der Waals surface area (Å²) < 4.78 is 0. The van der Waals surface area contributed by atoms with Gasteiger partial charge >= 0.3 is 0 Å². The van der Waals surface area contributed by atoms with Crippen LogP contribution in [0, 0.1) is 0 Å². The first-order valence-electron chi connectivity index (χ1n) is 8.77. The lowest BCUT2D eigenvalue weighted by molar-refractivity contribution is 0.488. The lowest BCUT2D eigenvalue weighted by Crippen LogP contribution is -2.25. The van der Waals surface area contributed by atoms with Gasteiger partial charge in [-0.25, -0.2) is 0 Å². The number of hydrogen-bond acceptors (Lipinski definition) is 3. The highest BCUT2D eigenvalue weighted by Crippen LogP contribution is 2.14. The Bertz CT molecular complexity index is 755. The maximum atomic E-state index is 4.38. The third kappa shape index (κ3) is 4.87. The van der Waals surface area contributed by atoms with E-state index in [4.69, 9.17) is 0 Å². The molecule has 0 aliphatic rings. The van der Waals surface area contributed by atoms with E-state index in [-0.39, 0.29) is 0 Å². The zero-order valence-corrected chi connectivity index (χ0v) is 14.3. The van der Waals surface area contributed by atoms with Crippen LogP contribution in [0.1, 0.15) is 37.4 Å². The van der Waals surface area contributed by atoms with Gasteiger partial charge in [0.05, 0.1) is 0 Å². The molecule has 0 fully saturated rings. The van der Waals surface area contributed by atoms with E-state index in [9.17, 15) is 0 Å². The summed E-state index contributed by atoms with van der Waals surface area (Å²) >= 11 is 0. The average molecular weight is 319 g/mol. The lowest BCUT2D eigenvalue weighted by atomic mass is 10.1. The average Bonchev–Trinajstić information content (AvgIpc) is 2.64. The van der Waals surface area contributed by atoms with Gasteiger partial charge in [0, 0.05) is 42.3 Å². The van der Waals surface area contributed by atoms with E-state index < -0.39 is 0 Å². The van der Waals surface area contributed by atoms with Gasteiger partial charge in [-0.2, -0.15) is 0 Å². The number of nitrogens with zero attached hydrogens (tertiary/aromatic N) is 2. The molecule has 0 spiro atoms. The van der Waals surface area contributed by atoms with Crippen LogP contribution in [-0.4, -0.2) is 16.0 Å². The number of aryl methyl sites for hydroxylation is 1. The molecule has 24 heavy (non-hydrogen) atoms. The first-order valence-corrected chi connectivity index (χ1v) is 8.77. The number of aromatic nitrogens is 2. The Kier molecular flexibility index (Phi) is 5.91. The van der Waals surface area contributed by atoms with Gasteiger partial charge in [0.1, 0.15) is 0 Å². The van der Waals surface area contributed by atoms with Gasteiger partial charge in [-0.05, 0) is 61.4 Å². The molecule has 1 atom stereocenters. The molecule has 1 N–H and O–H groups in total. The van der Waals surface area contributed by atoms with Crippen molar-refractivity contribution >= 4 is 10.8 Å². The summed E-state index contributed by atoms with van der Waals surface area (Å²) in [7, 11) is 0. The van der Waals surface area contributed by atoms with Crippen molar-refractivity contribution in [3.63, 3.8) is 0 Å². The quantitative estimate of drug-likeness (QED) is 0.620. The summed E-state index contributed by atoms with van der Waals surface area (Å²) in [6, 6.07) is 15.3. The van der Waals surface area contributed by atoms with Gasteiger partial charge in [0.25, 0.3) is 0 Å². The Labute approximate surface area is 144 Å². The monoisotopic (exact) mass is 319 g/mol. The van der Waals surface area contributed by atoms with Crippen molar-refractivity contribution in [3.05, 3.63) is 72.3 Å². The van der Waals surface area contributed by atoms with Crippen LogP contribution >= 0.6 is 0 Å². The van der Waals surface area contributed by atoms with Crippen molar-refractivity contribution in [2.75, 3.05) is 0 Å². The van der Waals surface area contributed by atoms with Gasteiger partial charge in [0.15, 0.2) is 0 Å². The Balaban J connectivity index is 1.39. The van der Waals surface area contributed by atoms with Crippen molar-refractivity contribution in [2.24, 2.45) is 0 Å². The predicted octanol–water partition coefficient (Wildman–Crippen LogP) is 4.52. The molecule has 2 heterocycles. The third-order valence-electron chi connectivity index (χ3n) is 4.41. The second-order valence-electron chi connectivity index (χ2n) is 6.41. The van der Waals surface area contributed by atoms with Crippen molar-refractivity contribution in [1.29, 1.82) is 0 Å². The first kappa shape index (κ1) is 16.6. The van der Waals surface area contributed by atoms with E-state index in [1.807, 2.05) is 24.7 Å². The van der Waals surface area contributed by atoms with E-state index in [0.29, 0.717) is 6.04 Å². The molecule has 0 aliphatic heterocycles. The van der Waals surface area contributed by atoms with Crippen LogP contribution < -0.4 is 5.32 Å². The fourth-order valence-corrected chi connectivity index (χ4v) is 2.94. The number of benzene rings is 1. The largest absolute Gasteiger partial charge is 0.310 e. The Morgan fingerprint density at radius 2 is 1.96 bits per heavy atom. The summed E-state index contributed by atoms with van der Waals surface area (Å²) in [5, 5.41) is 6.09. The Morgan fingerprint density at radius 3 is 2.83 bits per heavy atom. The van der Waals surface area contributed by atoms with E-state index in [2.05, 4.69) is 58.6 Å². The molecule has 2 aromatic heterocycles. The van der Waals surface area contributed by atoms with Crippen molar-refractivity contribution in [3.8, 4) is 0 Å². The standard InChI is InChI=1S/C21H25N3/c1-17(6-2-3-7-21-8-4-5-12-23-21)24-15-18-9-10-20-16-22-13-11-19(20)14-18/h4-5,8-14,16-17,24H,2-3,6-7,15H2,1H3/t17-/m1/s1. The Hall–Kier alpha value is -2.26. The second kappa shape index (κ2) is 8.55. The van der Waals surface area contributed by atoms with Crippen molar-refractivity contribution in [1.82, 2.24) is 15.3 Å². The zero-order chi connectivity index (χ0) is 16.6. The molecule has 124 valence electrons. The summed E-state index contributed by atoms with van der Waals surface area (Å²) in [6.45, 7) is 3.19. The molecular formula is C21H25N3. The van der Waals surface area contributed by atoms with Crippen LogP contribution in [-0.2, 0) is 13.0 Å². The summed E-state index contributed by atoms with van der Waals surface area (Å²) in [4.78, 5) is 8.54. The van der Waals surface area contributed by atoms with Gasteiger partial charge in [-0.15, -0.1) is 0 Å². The number of hydrogen-bond donors (Lipinski definition) is 1. The molecule has 0 bridgehead atoms. The van der Waals surface area contributed by atoms with Crippen LogP contribution in [0.5, 0.6) is 0 Å². The second-order valence-corrected chi connectivity index (χ2v) is 6.41. The maximum absolute atomic E-state index is 4.38. The van der Waals surface area contributed by atoms with Gasteiger partial charge in [-0.1, -0.05) is 24.6 Å². The molecule has 3 aromatic rings. The molecule has 0 saturated heterocycles. The van der Waals surface area contributed by atoms with Crippen LogP contribution in [0.4, 0.5) is 0 Å². The summed E-state index contributed by atoms with van der Waals surface area (Å²) in [5.41, 5.74) is 2.53. The molecule has 0 saturated carbocycles. The smallest absolute Gasteiger partial charge is 0.0403 e. The van der Waals surface area contributed by atoms with Crippen molar-refractivity contribution < 1.29 is 0 Å². The van der Waals surface area contributed by atoms with Crippen LogP contribution in [0.3, 0.4) is 0 Å². The highest BCUT2D eigenvalue weighted by Gasteiger charge is 2.03. The molecule has 1 aromatic carbocycles. The summed E-state index contributed by atoms with van der Waals surface area (Å²) in [5.74, 6) is 0. The number of nitrogens with one attached hydrogen (secondary N) is 1. The third-order valence-corrected chi connectivity index (χ3v) is 4.41. The van der Waals surface area contributed by atoms with Crippen molar-refractivity contribution in [2.45, 2.75) is 45.2 Å². The normalized spacial score (nSPS) is 12.4. The van der Waals surface area contributed by atoms with Crippen LogP contribution in [0.15, 0.2) is 61.1 Å². The number of fused-ring (bicyclic) bond motifs is 1. The molecule has 0 aliphatic carbocycles. The minimum absolute atomic E-state index is 0.530. The van der Waals surface area contributed by atoms with Gasteiger partial charge in [-0.3, -0.25) is 9.97 Å². The van der Waals surface area contributed by atoms with Gasteiger partial charge in [0.2, 0.25) is 0 Å². The number of rotatable bonds is 8. The molecule has 0 amide bonds. The SMILES string of the molecule is C[C@H](CCCCc1ccccn1)NCc1ccc2cnccc2c1. The van der Waals surface area contributed by atoms with E-state index >= 15 is 0 Å². The van der Waals surface area contributed by atoms with E-state index in [1.54, 1.807) is 0 Å². The topological polar surface area (TPSA) is 37.8 Å². The molecule has 3 nitrogen and oxygen atoms in total. The van der Waals surface area contributed by atoms with Gasteiger partial charge < -0.3 is 5.32 Å². The van der Waals surface area contributed by atoms with E-state index in [0.717, 1.165) is 13.0 Å². The molecule has 0 radical (unpaired) electrons. The summed E-state index contributed by atoms with van der Waals surface area (Å²) in [6.07, 6.45) is 10.3. The number of unbranched alkanes of at least 4 members (excludes halogenated alkanes) is 1. The first-order chi connectivity index (χ1) is 11.8. The minimum atomic E-state index is 0.530. The predicted molar refractivity (Wildman–Crippen MR) is 99.8 cm³/mol. The number of pyridine rings is 2. The fraction of sp³-hybridized carbons (Fsp3) is 0.333.